The highest BCUT2D eigenvalue weighted by Gasteiger charge is 2.49. The number of hydrogen-bond donors (Lipinski definition) is 2. The Morgan fingerprint density at radius 1 is 1.24 bits per heavy atom. The molecule has 0 radical (unpaired) electrons. The molecule has 3 N–H and O–H groups in total. The Kier molecular flexibility index (Phi) is 3.89. The van der Waals surface area contributed by atoms with Crippen molar-refractivity contribution in [3.8, 4) is 0 Å². The first-order chi connectivity index (χ1) is 7.57. The first kappa shape index (κ1) is 14.5. The van der Waals surface area contributed by atoms with Gasteiger partial charge in [0.05, 0.1) is 18.6 Å². The highest BCUT2D eigenvalue weighted by molar-refractivity contribution is 5.72. The van der Waals surface area contributed by atoms with E-state index in [1.54, 1.807) is 13.8 Å². The Balaban J connectivity index is 2.91. The second-order valence-electron chi connectivity index (χ2n) is 6.38. The smallest absolute Gasteiger partial charge is 0.308 e. The molecule has 0 saturated heterocycles. The van der Waals surface area contributed by atoms with Gasteiger partial charge in [-0.05, 0) is 52.4 Å². The van der Waals surface area contributed by atoms with E-state index < -0.39 is 11.1 Å². The molecular formula is C13H25NO3. The Bertz CT molecular complexity index is 266. The van der Waals surface area contributed by atoms with Crippen molar-refractivity contribution in [2.24, 2.45) is 23.5 Å². The van der Waals surface area contributed by atoms with Crippen molar-refractivity contribution in [2.45, 2.75) is 51.7 Å². The molecule has 0 aromatic heterocycles. The van der Waals surface area contributed by atoms with Crippen LogP contribution in [0.3, 0.4) is 0 Å². The summed E-state index contributed by atoms with van der Waals surface area (Å²) < 4.78 is 4.79. The van der Waals surface area contributed by atoms with Gasteiger partial charge in [0.1, 0.15) is 0 Å². The second kappa shape index (κ2) is 4.58. The lowest BCUT2D eigenvalue weighted by molar-refractivity contribution is -0.145. The standard InChI is InChI=1S/C13H25NO3/c1-12(2,14)9-6-8(11(15)17-5)7-10(9)13(3,4)16/h8-10,16H,6-7,14H2,1-5H3/t8-,9+,10+/m1/s1. The van der Waals surface area contributed by atoms with Gasteiger partial charge in [0.2, 0.25) is 0 Å². The molecule has 17 heavy (non-hydrogen) atoms. The predicted octanol–water partition coefficient (Wildman–Crippen LogP) is 1.31. The molecule has 4 heteroatoms. The van der Waals surface area contributed by atoms with Crippen LogP contribution in [0.15, 0.2) is 0 Å². The van der Waals surface area contributed by atoms with E-state index in [1.165, 1.54) is 7.11 Å². The number of hydrogen-bond acceptors (Lipinski definition) is 4. The maximum atomic E-state index is 11.6. The van der Waals surface area contributed by atoms with E-state index in [0.29, 0.717) is 12.8 Å². The summed E-state index contributed by atoms with van der Waals surface area (Å²) in [5.74, 6) is -0.159. The third-order valence-corrected chi connectivity index (χ3v) is 3.96. The number of carbonyl (C=O) groups is 1. The molecule has 1 rings (SSSR count). The molecule has 0 spiro atoms. The second-order valence-corrected chi connectivity index (χ2v) is 6.38. The summed E-state index contributed by atoms with van der Waals surface area (Å²) in [4.78, 5) is 11.6. The van der Waals surface area contributed by atoms with Crippen molar-refractivity contribution in [1.82, 2.24) is 0 Å². The van der Waals surface area contributed by atoms with Gasteiger partial charge < -0.3 is 15.6 Å². The Morgan fingerprint density at radius 3 is 2.00 bits per heavy atom. The number of carbonyl (C=O) groups excluding carboxylic acids is 1. The Labute approximate surface area is 104 Å². The SMILES string of the molecule is COC(=O)[C@@H]1C[C@H](C(C)(C)N)[C@@H](C(C)(C)O)C1. The molecular weight excluding hydrogens is 218 g/mol. The number of ether oxygens (including phenoxy) is 1. The quantitative estimate of drug-likeness (QED) is 0.733. The maximum Gasteiger partial charge on any atom is 0.308 e. The molecule has 0 unspecified atom stereocenters. The summed E-state index contributed by atoms with van der Waals surface area (Å²) in [7, 11) is 1.41. The van der Waals surface area contributed by atoms with E-state index in [0.717, 1.165) is 0 Å². The number of methoxy groups -OCH3 is 1. The van der Waals surface area contributed by atoms with Crippen LogP contribution in [0.2, 0.25) is 0 Å². The zero-order chi connectivity index (χ0) is 13.4. The van der Waals surface area contributed by atoms with Crippen molar-refractivity contribution in [1.29, 1.82) is 0 Å². The van der Waals surface area contributed by atoms with Gasteiger partial charge in [-0.1, -0.05) is 0 Å². The molecule has 3 atom stereocenters. The third-order valence-electron chi connectivity index (χ3n) is 3.96. The van der Waals surface area contributed by atoms with Crippen molar-refractivity contribution in [3.63, 3.8) is 0 Å². The van der Waals surface area contributed by atoms with Gasteiger partial charge in [0.25, 0.3) is 0 Å². The van der Waals surface area contributed by atoms with Crippen LogP contribution >= 0.6 is 0 Å². The lowest BCUT2D eigenvalue weighted by Gasteiger charge is -2.38. The molecule has 0 amide bonds. The first-order valence-corrected chi connectivity index (χ1v) is 6.16. The summed E-state index contributed by atoms with van der Waals surface area (Å²) in [5, 5.41) is 10.2. The van der Waals surface area contributed by atoms with Crippen LogP contribution in [0, 0.1) is 17.8 Å². The van der Waals surface area contributed by atoms with Crippen LogP contribution in [0.4, 0.5) is 0 Å². The maximum absolute atomic E-state index is 11.6. The average molecular weight is 243 g/mol. The molecule has 0 aliphatic heterocycles. The third kappa shape index (κ3) is 3.19. The van der Waals surface area contributed by atoms with Gasteiger partial charge in [-0.2, -0.15) is 0 Å². The van der Waals surface area contributed by atoms with Crippen molar-refractivity contribution in [2.75, 3.05) is 7.11 Å². The molecule has 1 aliphatic carbocycles. The normalized spacial score (nSPS) is 30.4. The molecule has 0 heterocycles. The topological polar surface area (TPSA) is 72.5 Å². The number of esters is 1. The van der Waals surface area contributed by atoms with Gasteiger partial charge >= 0.3 is 5.97 Å². The minimum Gasteiger partial charge on any atom is -0.469 e. The summed E-state index contributed by atoms with van der Waals surface area (Å²) in [5.41, 5.74) is 4.96. The van der Waals surface area contributed by atoms with E-state index in [-0.39, 0.29) is 23.7 Å². The summed E-state index contributed by atoms with van der Waals surface area (Å²) in [6.45, 7) is 7.48. The minimum atomic E-state index is -0.815. The van der Waals surface area contributed by atoms with Gasteiger partial charge in [0, 0.05) is 5.54 Å². The van der Waals surface area contributed by atoms with Crippen LogP contribution in [0.5, 0.6) is 0 Å². The lowest BCUT2D eigenvalue weighted by atomic mass is 9.74. The summed E-state index contributed by atoms with van der Waals surface area (Å²) in [6.07, 6.45) is 1.35. The molecule has 4 nitrogen and oxygen atoms in total. The molecule has 1 fully saturated rings. The predicted molar refractivity (Wildman–Crippen MR) is 66.3 cm³/mol. The Morgan fingerprint density at radius 2 is 1.71 bits per heavy atom. The molecule has 100 valence electrons. The van der Waals surface area contributed by atoms with E-state index in [2.05, 4.69) is 0 Å². The summed E-state index contributed by atoms with van der Waals surface area (Å²) in [6, 6.07) is 0. The minimum absolute atomic E-state index is 0.0339. The van der Waals surface area contributed by atoms with Gasteiger partial charge in [0.15, 0.2) is 0 Å². The summed E-state index contributed by atoms with van der Waals surface area (Å²) >= 11 is 0. The molecule has 0 aromatic carbocycles. The molecule has 0 bridgehead atoms. The highest BCUT2D eigenvalue weighted by Crippen LogP contribution is 2.46. The lowest BCUT2D eigenvalue weighted by Crippen LogP contribution is -2.47. The van der Waals surface area contributed by atoms with Gasteiger partial charge in [-0.25, -0.2) is 0 Å². The number of rotatable bonds is 3. The monoisotopic (exact) mass is 243 g/mol. The van der Waals surface area contributed by atoms with E-state index in [1.807, 2.05) is 13.8 Å². The van der Waals surface area contributed by atoms with Crippen LogP contribution < -0.4 is 5.73 Å². The van der Waals surface area contributed by atoms with Gasteiger partial charge in [-0.15, -0.1) is 0 Å². The molecule has 1 aliphatic rings. The van der Waals surface area contributed by atoms with Crippen LogP contribution in [0.1, 0.15) is 40.5 Å². The van der Waals surface area contributed by atoms with Gasteiger partial charge in [-0.3, -0.25) is 4.79 Å². The molecule has 0 aromatic rings. The zero-order valence-corrected chi connectivity index (χ0v) is 11.5. The number of aliphatic hydroxyl groups is 1. The van der Waals surface area contributed by atoms with E-state index in [4.69, 9.17) is 10.5 Å². The van der Waals surface area contributed by atoms with E-state index in [9.17, 15) is 9.90 Å². The van der Waals surface area contributed by atoms with Crippen LogP contribution in [0.25, 0.3) is 0 Å². The first-order valence-electron chi connectivity index (χ1n) is 6.16. The largest absolute Gasteiger partial charge is 0.469 e. The molecule has 1 saturated carbocycles. The zero-order valence-electron chi connectivity index (χ0n) is 11.5. The van der Waals surface area contributed by atoms with Crippen molar-refractivity contribution < 1.29 is 14.6 Å². The van der Waals surface area contributed by atoms with E-state index >= 15 is 0 Å². The average Bonchev–Trinajstić information content (AvgIpc) is 2.59. The number of nitrogens with two attached hydrogens (primary N) is 1. The van der Waals surface area contributed by atoms with Crippen LogP contribution in [-0.4, -0.2) is 29.3 Å². The highest BCUT2D eigenvalue weighted by atomic mass is 16.5. The Hall–Kier alpha value is -0.610. The fraction of sp³-hybridized carbons (Fsp3) is 0.923. The fourth-order valence-corrected chi connectivity index (χ4v) is 3.00. The van der Waals surface area contributed by atoms with Crippen molar-refractivity contribution >= 4 is 5.97 Å². The fourth-order valence-electron chi connectivity index (χ4n) is 3.00. The van der Waals surface area contributed by atoms with Crippen molar-refractivity contribution in [3.05, 3.63) is 0 Å². The van der Waals surface area contributed by atoms with Crippen LogP contribution in [-0.2, 0) is 9.53 Å².